The number of nitrogens with one attached hydrogen (secondary N) is 1. The topological polar surface area (TPSA) is 77.2 Å². The Bertz CT molecular complexity index is 416. The van der Waals surface area contributed by atoms with Crippen LogP contribution in [0.3, 0.4) is 0 Å². The number of aromatic nitrogens is 1. The quantitative estimate of drug-likeness (QED) is 0.814. The Morgan fingerprint density at radius 3 is 2.78 bits per heavy atom. The van der Waals surface area contributed by atoms with E-state index < -0.39 is 5.41 Å². The van der Waals surface area contributed by atoms with Crippen molar-refractivity contribution in [1.29, 1.82) is 0 Å². The van der Waals surface area contributed by atoms with E-state index in [0.29, 0.717) is 43.4 Å². The van der Waals surface area contributed by atoms with E-state index in [1.54, 1.807) is 12.1 Å². The smallest absolute Gasteiger partial charge is 0.232 e. The lowest BCUT2D eigenvalue weighted by molar-refractivity contribution is -0.130. The number of carbonyl (C=O) groups excluding carboxylic acids is 1. The van der Waals surface area contributed by atoms with Gasteiger partial charge in [0, 0.05) is 19.8 Å². The molecule has 18 heavy (non-hydrogen) atoms. The molecule has 1 aromatic rings. The molecule has 5 nitrogen and oxygen atoms in total. The molecule has 98 valence electrons. The van der Waals surface area contributed by atoms with Gasteiger partial charge in [0.25, 0.3) is 0 Å². The number of ether oxygens (including phenoxy) is 1. The Hall–Kier alpha value is -1.17. The summed E-state index contributed by atoms with van der Waals surface area (Å²) in [4.78, 5) is 16.2. The lowest BCUT2D eigenvalue weighted by atomic mass is 9.79. The van der Waals surface area contributed by atoms with Crippen LogP contribution in [-0.2, 0) is 9.53 Å². The number of nitrogens with zero attached hydrogens (tertiary/aromatic N) is 1. The molecule has 3 N–H and O–H groups in total. The van der Waals surface area contributed by atoms with Gasteiger partial charge < -0.3 is 15.8 Å². The van der Waals surface area contributed by atoms with E-state index in [1.165, 1.54) is 6.20 Å². The number of nitrogens with two attached hydrogens (primary N) is 1. The third-order valence-corrected chi connectivity index (χ3v) is 3.53. The van der Waals surface area contributed by atoms with Crippen LogP contribution in [0.2, 0.25) is 5.15 Å². The van der Waals surface area contributed by atoms with Crippen molar-refractivity contribution in [2.24, 2.45) is 11.1 Å². The molecule has 0 saturated carbocycles. The maximum absolute atomic E-state index is 12.3. The molecule has 0 unspecified atom stereocenters. The monoisotopic (exact) mass is 269 g/mol. The number of hydrogen-bond acceptors (Lipinski definition) is 4. The van der Waals surface area contributed by atoms with Crippen LogP contribution in [0, 0.1) is 5.41 Å². The molecule has 0 bridgehead atoms. The first kappa shape index (κ1) is 13.3. The van der Waals surface area contributed by atoms with Crippen LogP contribution in [0.4, 0.5) is 5.69 Å². The second-order valence-corrected chi connectivity index (χ2v) is 4.81. The number of pyridine rings is 1. The van der Waals surface area contributed by atoms with Crippen LogP contribution >= 0.6 is 11.6 Å². The number of hydrogen-bond donors (Lipinski definition) is 2. The summed E-state index contributed by atoms with van der Waals surface area (Å²) in [5.41, 5.74) is 5.86. The van der Waals surface area contributed by atoms with Crippen molar-refractivity contribution >= 4 is 23.2 Å². The Kier molecular flexibility index (Phi) is 4.16. The van der Waals surface area contributed by atoms with Crippen molar-refractivity contribution in [1.82, 2.24) is 4.98 Å². The van der Waals surface area contributed by atoms with Gasteiger partial charge in [-0.1, -0.05) is 11.6 Å². The fraction of sp³-hybridized carbons (Fsp3) is 0.500. The second kappa shape index (κ2) is 5.65. The predicted octanol–water partition coefficient (Wildman–Crippen LogP) is 1.43. The molecule has 1 amide bonds. The molecule has 6 heteroatoms. The Balaban J connectivity index is 2.07. The fourth-order valence-corrected chi connectivity index (χ4v) is 2.11. The van der Waals surface area contributed by atoms with Gasteiger partial charge in [-0.15, -0.1) is 0 Å². The van der Waals surface area contributed by atoms with Gasteiger partial charge in [-0.3, -0.25) is 4.79 Å². The molecule has 0 atom stereocenters. The van der Waals surface area contributed by atoms with Crippen molar-refractivity contribution in [3.8, 4) is 0 Å². The summed E-state index contributed by atoms with van der Waals surface area (Å²) < 4.78 is 5.28. The minimum atomic E-state index is -0.530. The average Bonchev–Trinajstić information content (AvgIpc) is 2.42. The average molecular weight is 270 g/mol. The lowest BCUT2D eigenvalue weighted by Crippen LogP contribution is -2.46. The van der Waals surface area contributed by atoms with Crippen LogP contribution in [0.25, 0.3) is 0 Å². The highest BCUT2D eigenvalue weighted by Crippen LogP contribution is 2.30. The summed E-state index contributed by atoms with van der Waals surface area (Å²) in [6, 6.07) is 3.35. The zero-order valence-corrected chi connectivity index (χ0v) is 10.7. The molecule has 0 radical (unpaired) electrons. The van der Waals surface area contributed by atoms with Gasteiger partial charge in [0.05, 0.1) is 17.3 Å². The van der Waals surface area contributed by atoms with E-state index in [4.69, 9.17) is 22.1 Å². The maximum atomic E-state index is 12.3. The van der Waals surface area contributed by atoms with Crippen molar-refractivity contribution < 1.29 is 9.53 Å². The highest BCUT2D eigenvalue weighted by atomic mass is 35.5. The third-order valence-electron chi connectivity index (χ3n) is 3.31. The number of anilines is 1. The van der Waals surface area contributed by atoms with Gasteiger partial charge in [0.1, 0.15) is 5.15 Å². The van der Waals surface area contributed by atoms with Crippen molar-refractivity contribution in [2.45, 2.75) is 12.8 Å². The van der Waals surface area contributed by atoms with E-state index in [1.807, 2.05) is 0 Å². The van der Waals surface area contributed by atoms with Crippen LogP contribution in [0.5, 0.6) is 0 Å². The Morgan fingerprint density at radius 2 is 2.22 bits per heavy atom. The first-order valence-electron chi connectivity index (χ1n) is 5.87. The lowest BCUT2D eigenvalue weighted by Gasteiger charge is -2.34. The zero-order chi connectivity index (χ0) is 13.0. The van der Waals surface area contributed by atoms with Crippen molar-refractivity contribution in [3.05, 3.63) is 23.5 Å². The van der Waals surface area contributed by atoms with Crippen molar-refractivity contribution in [3.63, 3.8) is 0 Å². The molecule has 0 aliphatic carbocycles. The molecule has 1 fully saturated rings. The van der Waals surface area contributed by atoms with Gasteiger partial charge in [-0.05, 0) is 25.0 Å². The van der Waals surface area contributed by atoms with Gasteiger partial charge >= 0.3 is 0 Å². The van der Waals surface area contributed by atoms with E-state index in [9.17, 15) is 4.79 Å². The molecule has 1 aromatic heterocycles. The van der Waals surface area contributed by atoms with Crippen LogP contribution in [0.1, 0.15) is 12.8 Å². The molecule has 0 spiro atoms. The number of rotatable bonds is 3. The predicted molar refractivity (Wildman–Crippen MR) is 69.4 cm³/mol. The summed E-state index contributed by atoms with van der Waals surface area (Å²) in [6.45, 7) is 1.47. The molecular formula is C12H16ClN3O2. The number of halogens is 1. The number of carbonyl (C=O) groups is 1. The number of amides is 1. The molecule has 2 heterocycles. The van der Waals surface area contributed by atoms with Gasteiger partial charge in [-0.2, -0.15) is 0 Å². The molecular weight excluding hydrogens is 254 g/mol. The van der Waals surface area contributed by atoms with E-state index >= 15 is 0 Å². The Labute approximate surface area is 111 Å². The Morgan fingerprint density at radius 1 is 1.50 bits per heavy atom. The summed E-state index contributed by atoms with van der Waals surface area (Å²) in [7, 11) is 0. The standard InChI is InChI=1S/C12H16ClN3O2/c13-10-2-1-9(7-15-10)16-11(17)12(8-14)3-5-18-6-4-12/h1-2,7H,3-6,8,14H2,(H,16,17). The molecule has 2 rings (SSSR count). The summed E-state index contributed by atoms with van der Waals surface area (Å²) >= 11 is 5.69. The SMILES string of the molecule is NCC1(C(=O)Nc2ccc(Cl)nc2)CCOCC1. The first-order chi connectivity index (χ1) is 8.66. The first-order valence-corrected chi connectivity index (χ1v) is 6.25. The fourth-order valence-electron chi connectivity index (χ4n) is 2.00. The van der Waals surface area contributed by atoms with Crippen LogP contribution in [-0.4, -0.2) is 30.6 Å². The van der Waals surface area contributed by atoms with Crippen LogP contribution < -0.4 is 11.1 Å². The second-order valence-electron chi connectivity index (χ2n) is 4.42. The van der Waals surface area contributed by atoms with Crippen molar-refractivity contribution in [2.75, 3.05) is 25.1 Å². The highest BCUT2D eigenvalue weighted by Gasteiger charge is 2.38. The molecule has 0 aromatic carbocycles. The van der Waals surface area contributed by atoms with E-state index in [0.717, 1.165) is 0 Å². The van der Waals surface area contributed by atoms with E-state index in [2.05, 4.69) is 10.3 Å². The zero-order valence-electron chi connectivity index (χ0n) is 9.99. The third kappa shape index (κ3) is 2.80. The maximum Gasteiger partial charge on any atom is 0.232 e. The molecule has 1 saturated heterocycles. The largest absolute Gasteiger partial charge is 0.381 e. The normalized spacial score (nSPS) is 18.3. The molecule has 1 aliphatic rings. The summed E-state index contributed by atoms with van der Waals surface area (Å²) in [5.74, 6) is -0.0718. The summed E-state index contributed by atoms with van der Waals surface area (Å²) in [5, 5.41) is 3.23. The van der Waals surface area contributed by atoms with E-state index in [-0.39, 0.29) is 5.91 Å². The van der Waals surface area contributed by atoms with Gasteiger partial charge in [0.2, 0.25) is 5.91 Å². The van der Waals surface area contributed by atoms with Gasteiger partial charge in [-0.25, -0.2) is 4.98 Å². The highest BCUT2D eigenvalue weighted by molar-refractivity contribution is 6.29. The minimum absolute atomic E-state index is 0.0718. The van der Waals surface area contributed by atoms with Gasteiger partial charge in [0.15, 0.2) is 0 Å². The minimum Gasteiger partial charge on any atom is -0.381 e. The van der Waals surface area contributed by atoms with Crippen LogP contribution in [0.15, 0.2) is 18.3 Å². The molecule has 1 aliphatic heterocycles. The summed E-state index contributed by atoms with van der Waals surface area (Å²) in [6.07, 6.45) is 2.83.